The zero-order chi connectivity index (χ0) is 12.1. The molecule has 3 N–H and O–H groups in total. The molecule has 0 aliphatic rings. The van der Waals surface area contributed by atoms with Gasteiger partial charge in [-0.3, -0.25) is 5.43 Å². The number of ether oxygens (including phenoxy) is 1. The van der Waals surface area contributed by atoms with E-state index in [9.17, 15) is 0 Å². The first-order valence-corrected chi connectivity index (χ1v) is 5.18. The van der Waals surface area contributed by atoms with Gasteiger partial charge in [-0.25, -0.2) is 10.8 Å². The minimum atomic E-state index is 0.156. The Bertz CT molecular complexity index is 349. The molecule has 0 fully saturated rings. The number of hydrazine groups is 1. The fourth-order valence-corrected chi connectivity index (χ4v) is 1.46. The summed E-state index contributed by atoms with van der Waals surface area (Å²) in [6, 6.07) is 0.156. The van der Waals surface area contributed by atoms with Gasteiger partial charge in [0.1, 0.15) is 5.02 Å². The average molecular weight is 246 g/mol. The molecule has 0 aliphatic carbocycles. The van der Waals surface area contributed by atoms with Crippen LogP contribution in [0.3, 0.4) is 0 Å². The number of hydrogen-bond acceptors (Lipinski definition) is 6. The number of hydrogen-bond donors (Lipinski definition) is 2. The minimum Gasteiger partial charge on any atom is -0.383 e. The summed E-state index contributed by atoms with van der Waals surface area (Å²) in [5, 5.41) is 0.476. The maximum Gasteiger partial charge on any atom is 0.239 e. The van der Waals surface area contributed by atoms with Crippen LogP contribution in [-0.2, 0) is 4.74 Å². The number of anilines is 2. The summed E-state index contributed by atoms with van der Waals surface area (Å²) < 4.78 is 5.07. The van der Waals surface area contributed by atoms with Gasteiger partial charge < -0.3 is 9.64 Å². The third kappa shape index (κ3) is 2.94. The number of nitrogens with one attached hydrogen (secondary N) is 1. The van der Waals surface area contributed by atoms with Crippen molar-refractivity contribution in [2.75, 3.05) is 31.1 Å². The minimum absolute atomic E-state index is 0.156. The van der Waals surface area contributed by atoms with Crippen LogP contribution in [0.1, 0.15) is 6.92 Å². The van der Waals surface area contributed by atoms with Crippen LogP contribution in [0.25, 0.3) is 0 Å². The first-order chi connectivity index (χ1) is 7.60. The summed E-state index contributed by atoms with van der Waals surface area (Å²) in [5.74, 6) is 6.19. The smallest absolute Gasteiger partial charge is 0.239 e. The van der Waals surface area contributed by atoms with Crippen LogP contribution in [0, 0.1) is 0 Å². The van der Waals surface area contributed by atoms with E-state index in [1.807, 2.05) is 18.9 Å². The van der Waals surface area contributed by atoms with E-state index in [-0.39, 0.29) is 6.04 Å². The Hall–Kier alpha value is -1.11. The second-order valence-corrected chi connectivity index (χ2v) is 3.83. The zero-order valence-electron chi connectivity index (χ0n) is 9.57. The molecule has 0 radical (unpaired) electrons. The third-order valence-electron chi connectivity index (χ3n) is 2.26. The summed E-state index contributed by atoms with van der Waals surface area (Å²) in [7, 11) is 3.54. The molecular weight excluding hydrogens is 230 g/mol. The summed E-state index contributed by atoms with van der Waals surface area (Å²) in [6.07, 6.45) is 1.51. The lowest BCUT2D eigenvalue weighted by molar-refractivity contribution is 0.183. The molecule has 0 saturated carbocycles. The van der Waals surface area contributed by atoms with Gasteiger partial charge in [0, 0.05) is 14.2 Å². The highest BCUT2D eigenvalue weighted by Crippen LogP contribution is 2.23. The molecule has 7 heteroatoms. The van der Waals surface area contributed by atoms with E-state index in [0.717, 1.165) is 0 Å². The number of nitrogens with zero attached hydrogens (tertiary/aromatic N) is 3. The summed E-state index contributed by atoms with van der Waals surface area (Å²) in [5.41, 5.74) is 2.38. The highest BCUT2D eigenvalue weighted by atomic mass is 35.5. The predicted octanol–water partition coefficient (Wildman–Crippen LogP) is 0.887. The number of aromatic nitrogens is 2. The molecule has 0 aromatic carbocycles. The fraction of sp³-hybridized carbons (Fsp3) is 0.556. The third-order valence-corrected chi connectivity index (χ3v) is 2.52. The molecule has 1 aromatic rings. The van der Waals surface area contributed by atoms with Gasteiger partial charge in [-0.2, -0.15) is 4.98 Å². The lowest BCUT2D eigenvalue weighted by Crippen LogP contribution is -2.33. The number of halogens is 1. The van der Waals surface area contributed by atoms with Crippen molar-refractivity contribution < 1.29 is 4.74 Å². The Labute approximate surface area is 99.7 Å². The molecule has 1 rings (SSSR count). The topological polar surface area (TPSA) is 76.3 Å². The van der Waals surface area contributed by atoms with Gasteiger partial charge >= 0.3 is 0 Å². The molecule has 1 unspecified atom stereocenters. The maximum absolute atomic E-state index is 6.02. The van der Waals surface area contributed by atoms with Gasteiger partial charge in [-0.1, -0.05) is 11.6 Å². The molecule has 0 amide bonds. The van der Waals surface area contributed by atoms with Crippen molar-refractivity contribution in [1.82, 2.24) is 9.97 Å². The van der Waals surface area contributed by atoms with E-state index in [1.165, 1.54) is 6.20 Å². The first-order valence-electron chi connectivity index (χ1n) is 4.81. The number of methoxy groups -OCH3 is 1. The normalized spacial score (nSPS) is 12.3. The lowest BCUT2D eigenvalue weighted by atomic mass is 10.3. The second-order valence-electron chi connectivity index (χ2n) is 3.42. The van der Waals surface area contributed by atoms with E-state index >= 15 is 0 Å². The molecule has 1 atom stereocenters. The second kappa shape index (κ2) is 5.83. The van der Waals surface area contributed by atoms with Crippen LogP contribution < -0.4 is 16.2 Å². The molecule has 1 aromatic heterocycles. The number of rotatable bonds is 5. The Kier molecular flexibility index (Phi) is 4.72. The molecule has 0 aliphatic heterocycles. The van der Waals surface area contributed by atoms with E-state index in [0.29, 0.717) is 23.4 Å². The maximum atomic E-state index is 6.02. The predicted molar refractivity (Wildman–Crippen MR) is 64.6 cm³/mol. The van der Waals surface area contributed by atoms with E-state index in [4.69, 9.17) is 22.2 Å². The Balaban J connectivity index is 2.92. The molecule has 6 nitrogen and oxygen atoms in total. The molecule has 0 bridgehead atoms. The van der Waals surface area contributed by atoms with Crippen LogP contribution in [-0.4, -0.2) is 36.8 Å². The number of nitrogen functional groups attached to an aromatic ring is 1. The number of likely N-dealkylation sites (N-methyl/N-ethyl adjacent to an activating group) is 1. The van der Waals surface area contributed by atoms with Gasteiger partial charge in [-0.15, -0.1) is 0 Å². The van der Waals surface area contributed by atoms with Gasteiger partial charge in [0.2, 0.25) is 5.95 Å². The lowest BCUT2D eigenvalue weighted by Gasteiger charge is -2.26. The largest absolute Gasteiger partial charge is 0.383 e. The van der Waals surface area contributed by atoms with Crippen LogP contribution >= 0.6 is 11.6 Å². The summed E-state index contributed by atoms with van der Waals surface area (Å²) >= 11 is 6.02. The molecule has 1 heterocycles. The number of nitrogens with two attached hydrogens (primary N) is 1. The Morgan fingerprint density at radius 3 is 2.94 bits per heavy atom. The monoisotopic (exact) mass is 245 g/mol. The van der Waals surface area contributed by atoms with Crippen LogP contribution in [0.4, 0.5) is 11.8 Å². The average Bonchev–Trinajstić information content (AvgIpc) is 2.29. The van der Waals surface area contributed by atoms with E-state index in [2.05, 4.69) is 15.4 Å². The summed E-state index contributed by atoms with van der Waals surface area (Å²) in [4.78, 5) is 10.0. The van der Waals surface area contributed by atoms with Crippen molar-refractivity contribution in [2.45, 2.75) is 13.0 Å². The highest BCUT2D eigenvalue weighted by molar-refractivity contribution is 6.32. The molecule has 16 heavy (non-hydrogen) atoms. The summed E-state index contributed by atoms with van der Waals surface area (Å²) in [6.45, 7) is 2.60. The van der Waals surface area contributed by atoms with Crippen LogP contribution in [0.15, 0.2) is 6.20 Å². The van der Waals surface area contributed by atoms with Gasteiger partial charge in [0.05, 0.1) is 18.8 Å². The van der Waals surface area contributed by atoms with Crippen LogP contribution in [0.5, 0.6) is 0 Å². The Morgan fingerprint density at radius 1 is 1.69 bits per heavy atom. The highest BCUT2D eigenvalue weighted by Gasteiger charge is 2.15. The first kappa shape index (κ1) is 13.0. The van der Waals surface area contributed by atoms with E-state index < -0.39 is 0 Å². The molecule has 0 saturated heterocycles. The van der Waals surface area contributed by atoms with Crippen molar-refractivity contribution in [1.29, 1.82) is 0 Å². The van der Waals surface area contributed by atoms with Crippen molar-refractivity contribution in [3.8, 4) is 0 Å². The van der Waals surface area contributed by atoms with Crippen molar-refractivity contribution in [3.05, 3.63) is 11.2 Å². The SMILES string of the molecule is COCC(C)N(C)c1nc(NN)ncc1Cl. The molecular formula is C9H16ClN5O. The molecule has 90 valence electrons. The van der Waals surface area contributed by atoms with Crippen molar-refractivity contribution >= 4 is 23.4 Å². The van der Waals surface area contributed by atoms with E-state index in [1.54, 1.807) is 7.11 Å². The van der Waals surface area contributed by atoms with Gasteiger partial charge in [-0.05, 0) is 6.92 Å². The molecule has 0 spiro atoms. The van der Waals surface area contributed by atoms with Gasteiger partial charge in [0.15, 0.2) is 5.82 Å². The van der Waals surface area contributed by atoms with Gasteiger partial charge in [0.25, 0.3) is 0 Å². The fourth-order valence-electron chi connectivity index (χ4n) is 1.24. The zero-order valence-corrected chi connectivity index (χ0v) is 10.3. The van der Waals surface area contributed by atoms with Crippen molar-refractivity contribution in [2.24, 2.45) is 5.84 Å². The quantitative estimate of drug-likeness (QED) is 0.593. The Morgan fingerprint density at radius 2 is 2.38 bits per heavy atom. The standard InChI is InChI=1S/C9H16ClN5O/c1-6(5-16-3)15(2)8-7(10)4-12-9(13-8)14-11/h4,6H,5,11H2,1-3H3,(H,12,13,14). The van der Waals surface area contributed by atoms with Crippen LogP contribution in [0.2, 0.25) is 5.02 Å². The van der Waals surface area contributed by atoms with Crippen molar-refractivity contribution in [3.63, 3.8) is 0 Å².